The number of hydrazone groups is 1. The van der Waals surface area contributed by atoms with Crippen LogP contribution in [0.5, 0.6) is 11.5 Å². The molecule has 0 atom stereocenters. The van der Waals surface area contributed by atoms with Crippen LogP contribution in [0.2, 0.25) is 0 Å². The second-order valence-corrected chi connectivity index (χ2v) is 6.73. The molecule has 0 bridgehead atoms. The first-order valence-electron chi connectivity index (χ1n) is 8.61. The van der Waals surface area contributed by atoms with E-state index in [1.54, 1.807) is 61.7 Å². The SMILES string of the molecule is COc1ccc(/C=N\NC(=O)c2ccccc2NC(=O)c2cccs2)c(OC)c1. The quantitative estimate of drug-likeness (QED) is 0.459. The van der Waals surface area contributed by atoms with Gasteiger partial charge in [-0.3, -0.25) is 9.59 Å². The Balaban J connectivity index is 1.71. The summed E-state index contributed by atoms with van der Waals surface area (Å²) < 4.78 is 10.5. The monoisotopic (exact) mass is 409 g/mol. The van der Waals surface area contributed by atoms with E-state index in [0.29, 0.717) is 33.2 Å². The van der Waals surface area contributed by atoms with Crippen LogP contribution in [0, 0.1) is 0 Å². The zero-order chi connectivity index (χ0) is 20.6. The molecule has 148 valence electrons. The highest BCUT2D eigenvalue weighted by molar-refractivity contribution is 7.12. The number of thiophene rings is 1. The van der Waals surface area contributed by atoms with Crippen LogP contribution in [0.4, 0.5) is 5.69 Å². The van der Waals surface area contributed by atoms with Gasteiger partial charge in [0.2, 0.25) is 0 Å². The van der Waals surface area contributed by atoms with Gasteiger partial charge in [-0.2, -0.15) is 5.10 Å². The van der Waals surface area contributed by atoms with E-state index >= 15 is 0 Å². The van der Waals surface area contributed by atoms with Gasteiger partial charge >= 0.3 is 0 Å². The Bertz CT molecular complexity index is 1030. The maximum atomic E-state index is 12.6. The summed E-state index contributed by atoms with van der Waals surface area (Å²) in [5.74, 6) is 0.493. The molecule has 0 aliphatic carbocycles. The number of ether oxygens (including phenoxy) is 2. The molecular weight excluding hydrogens is 390 g/mol. The number of nitrogens with zero attached hydrogens (tertiary/aromatic N) is 1. The fourth-order valence-corrected chi connectivity index (χ4v) is 3.15. The summed E-state index contributed by atoms with van der Waals surface area (Å²) in [6, 6.07) is 15.5. The smallest absolute Gasteiger partial charge is 0.273 e. The first-order valence-corrected chi connectivity index (χ1v) is 9.49. The summed E-state index contributed by atoms with van der Waals surface area (Å²) in [4.78, 5) is 25.4. The van der Waals surface area contributed by atoms with Crippen LogP contribution in [0.1, 0.15) is 25.6 Å². The van der Waals surface area contributed by atoms with Crippen molar-refractivity contribution in [2.24, 2.45) is 5.10 Å². The Morgan fingerprint density at radius 3 is 2.55 bits per heavy atom. The fourth-order valence-electron chi connectivity index (χ4n) is 2.53. The zero-order valence-electron chi connectivity index (χ0n) is 15.8. The molecule has 8 heteroatoms. The van der Waals surface area contributed by atoms with Crippen molar-refractivity contribution >= 4 is 35.1 Å². The molecule has 0 unspecified atom stereocenters. The van der Waals surface area contributed by atoms with Crippen LogP contribution in [0.15, 0.2) is 65.1 Å². The minimum Gasteiger partial charge on any atom is -0.497 e. The van der Waals surface area contributed by atoms with Crippen molar-refractivity contribution in [2.75, 3.05) is 19.5 Å². The van der Waals surface area contributed by atoms with E-state index in [4.69, 9.17) is 9.47 Å². The Labute approximate surface area is 172 Å². The molecule has 0 saturated heterocycles. The molecule has 0 fully saturated rings. The molecule has 3 rings (SSSR count). The van der Waals surface area contributed by atoms with E-state index in [0.717, 1.165) is 0 Å². The van der Waals surface area contributed by atoms with Gasteiger partial charge in [0.05, 0.1) is 36.6 Å². The van der Waals surface area contributed by atoms with E-state index in [-0.39, 0.29) is 5.91 Å². The van der Waals surface area contributed by atoms with Gasteiger partial charge in [-0.05, 0) is 35.7 Å². The molecule has 1 heterocycles. The lowest BCUT2D eigenvalue weighted by molar-refractivity contribution is 0.0956. The molecule has 0 radical (unpaired) electrons. The lowest BCUT2D eigenvalue weighted by Crippen LogP contribution is -2.21. The van der Waals surface area contributed by atoms with Gasteiger partial charge < -0.3 is 14.8 Å². The maximum absolute atomic E-state index is 12.6. The summed E-state index contributed by atoms with van der Waals surface area (Å²) >= 11 is 1.33. The second-order valence-electron chi connectivity index (χ2n) is 5.78. The van der Waals surface area contributed by atoms with E-state index in [9.17, 15) is 9.59 Å². The summed E-state index contributed by atoms with van der Waals surface area (Å²) in [7, 11) is 3.11. The lowest BCUT2D eigenvalue weighted by atomic mass is 10.1. The van der Waals surface area contributed by atoms with Crippen molar-refractivity contribution in [3.05, 3.63) is 76.0 Å². The molecule has 3 aromatic rings. The van der Waals surface area contributed by atoms with Crippen LogP contribution < -0.4 is 20.2 Å². The molecule has 2 N–H and O–H groups in total. The highest BCUT2D eigenvalue weighted by Crippen LogP contribution is 2.23. The van der Waals surface area contributed by atoms with Crippen LogP contribution in [0.25, 0.3) is 0 Å². The maximum Gasteiger partial charge on any atom is 0.273 e. The molecule has 2 aromatic carbocycles. The summed E-state index contributed by atoms with van der Waals surface area (Å²) in [6.45, 7) is 0. The molecule has 7 nitrogen and oxygen atoms in total. The van der Waals surface area contributed by atoms with Crippen molar-refractivity contribution in [3.8, 4) is 11.5 Å². The van der Waals surface area contributed by atoms with E-state index in [1.807, 2.05) is 5.38 Å². The van der Waals surface area contributed by atoms with Crippen LogP contribution in [-0.4, -0.2) is 32.2 Å². The molecule has 0 spiro atoms. The van der Waals surface area contributed by atoms with Gasteiger partial charge in [0.1, 0.15) is 11.5 Å². The molecule has 1 aromatic heterocycles. The topological polar surface area (TPSA) is 89.0 Å². The van der Waals surface area contributed by atoms with E-state index in [2.05, 4.69) is 15.8 Å². The summed E-state index contributed by atoms with van der Waals surface area (Å²) in [6.07, 6.45) is 1.48. The molecule has 29 heavy (non-hydrogen) atoms. The molecule has 0 aliphatic rings. The van der Waals surface area contributed by atoms with Crippen molar-refractivity contribution in [3.63, 3.8) is 0 Å². The van der Waals surface area contributed by atoms with Crippen molar-refractivity contribution in [1.29, 1.82) is 0 Å². The average molecular weight is 409 g/mol. The molecular formula is C21H19N3O4S. The van der Waals surface area contributed by atoms with Gasteiger partial charge in [0.15, 0.2) is 0 Å². The van der Waals surface area contributed by atoms with Crippen molar-refractivity contribution in [2.45, 2.75) is 0 Å². The first-order chi connectivity index (χ1) is 14.1. The number of hydrogen-bond donors (Lipinski definition) is 2. The highest BCUT2D eigenvalue weighted by Gasteiger charge is 2.14. The third-order valence-corrected chi connectivity index (χ3v) is 4.84. The Morgan fingerprint density at radius 1 is 1.00 bits per heavy atom. The Hall–Kier alpha value is -3.65. The van der Waals surface area contributed by atoms with Crippen LogP contribution >= 0.6 is 11.3 Å². The minimum absolute atomic E-state index is 0.272. The number of carbonyl (C=O) groups excluding carboxylic acids is 2. The average Bonchev–Trinajstić information content (AvgIpc) is 3.29. The first kappa shape index (κ1) is 20.1. The van der Waals surface area contributed by atoms with Gasteiger partial charge in [0, 0.05) is 11.6 Å². The van der Waals surface area contributed by atoms with Gasteiger partial charge in [-0.25, -0.2) is 5.43 Å². The van der Waals surface area contributed by atoms with Crippen LogP contribution in [-0.2, 0) is 0 Å². The number of benzene rings is 2. The van der Waals surface area contributed by atoms with Crippen LogP contribution in [0.3, 0.4) is 0 Å². The number of para-hydroxylation sites is 1. The Kier molecular flexibility index (Phi) is 6.59. The molecule has 0 saturated carbocycles. The summed E-state index contributed by atoms with van der Waals surface area (Å²) in [5, 5.41) is 8.57. The normalized spacial score (nSPS) is 10.6. The third kappa shape index (κ3) is 4.99. The van der Waals surface area contributed by atoms with Gasteiger partial charge in [0.25, 0.3) is 11.8 Å². The standard InChI is InChI=1S/C21H19N3O4S/c1-27-15-10-9-14(18(12-15)28-2)13-22-24-20(25)16-6-3-4-7-17(16)23-21(26)19-8-5-11-29-19/h3-13H,1-2H3,(H,23,26)(H,24,25)/b22-13-. The number of methoxy groups -OCH3 is 2. The van der Waals surface area contributed by atoms with Gasteiger partial charge in [-0.15, -0.1) is 11.3 Å². The van der Waals surface area contributed by atoms with Crippen molar-refractivity contribution < 1.29 is 19.1 Å². The van der Waals surface area contributed by atoms with Gasteiger partial charge in [-0.1, -0.05) is 18.2 Å². The fraction of sp³-hybridized carbons (Fsp3) is 0.0952. The lowest BCUT2D eigenvalue weighted by Gasteiger charge is -2.09. The number of anilines is 1. The number of carbonyl (C=O) groups is 2. The minimum atomic E-state index is -0.448. The highest BCUT2D eigenvalue weighted by atomic mass is 32.1. The molecule has 0 aliphatic heterocycles. The summed E-state index contributed by atoms with van der Waals surface area (Å²) in [5.41, 5.74) is 3.85. The second kappa shape index (κ2) is 9.52. The number of nitrogens with one attached hydrogen (secondary N) is 2. The zero-order valence-corrected chi connectivity index (χ0v) is 16.7. The molecule has 2 amide bonds. The van der Waals surface area contributed by atoms with E-state index in [1.165, 1.54) is 24.7 Å². The largest absolute Gasteiger partial charge is 0.497 e. The predicted octanol–water partition coefficient (Wildman–Crippen LogP) is 3.78. The third-order valence-electron chi connectivity index (χ3n) is 3.98. The number of rotatable bonds is 7. The Morgan fingerprint density at radius 2 is 1.83 bits per heavy atom. The predicted molar refractivity (Wildman–Crippen MR) is 113 cm³/mol. The number of hydrogen-bond acceptors (Lipinski definition) is 6. The van der Waals surface area contributed by atoms with Crippen molar-refractivity contribution in [1.82, 2.24) is 5.43 Å². The number of amides is 2. The van der Waals surface area contributed by atoms with E-state index < -0.39 is 5.91 Å².